The lowest BCUT2D eigenvalue weighted by Gasteiger charge is -2.20. The molecule has 0 atom stereocenters. The van der Waals surface area contributed by atoms with E-state index in [1.54, 1.807) is 0 Å². The number of nitrogens with zero attached hydrogens (tertiary/aromatic N) is 8. The Bertz CT molecular complexity index is 3500. The molecule has 4 N–H and O–H groups in total. The van der Waals surface area contributed by atoms with Crippen LogP contribution in [0.5, 0.6) is 34.5 Å². The van der Waals surface area contributed by atoms with Crippen LogP contribution < -0.4 is 60.1 Å². The third-order valence-electron chi connectivity index (χ3n) is 16.9. The van der Waals surface area contributed by atoms with Gasteiger partial charge in [-0.15, -0.1) is 28.1 Å². The maximum absolute atomic E-state index is 6.09. The predicted molar refractivity (Wildman–Crippen MR) is 395 cm³/mol. The minimum Gasteiger partial charge on any atom is -0.494 e. The Morgan fingerprint density at radius 3 is 1.24 bits per heavy atom. The molecule has 21 heteroatoms. The van der Waals surface area contributed by atoms with Gasteiger partial charge in [0.1, 0.15) is 74.5 Å². The van der Waals surface area contributed by atoms with E-state index in [9.17, 15) is 0 Å². The maximum Gasteiger partial charge on any atom is 0.192 e. The molecule has 6 aromatic carbocycles. The van der Waals surface area contributed by atoms with E-state index >= 15 is 0 Å². The third kappa shape index (κ3) is 28.9. The fourth-order valence-electron chi connectivity index (χ4n) is 11.0. The van der Waals surface area contributed by atoms with Crippen molar-refractivity contribution in [3.05, 3.63) is 240 Å². The van der Waals surface area contributed by atoms with Crippen LogP contribution in [0.25, 0.3) is 0 Å². The van der Waals surface area contributed by atoms with Crippen molar-refractivity contribution < 1.29 is 47.3 Å². The largest absolute Gasteiger partial charge is 0.494 e. The van der Waals surface area contributed by atoms with E-state index in [1.165, 1.54) is 33.4 Å². The molecule has 21 nitrogen and oxygen atoms in total. The Morgan fingerprint density at radius 2 is 0.782 bits per heavy atom. The van der Waals surface area contributed by atoms with E-state index in [4.69, 9.17) is 42.6 Å². The van der Waals surface area contributed by atoms with E-state index in [1.807, 2.05) is 124 Å². The molecule has 3 heterocycles. The number of hydrogen-bond donors (Lipinski definition) is 4. The van der Waals surface area contributed by atoms with Crippen LogP contribution in [0.15, 0.2) is 201 Å². The molecule has 0 unspecified atom stereocenters. The normalized spacial score (nSPS) is 12.8. The SMILES string of the molecule is C=CCCOCC1=CN(CCOc2ccc(CNCc3ccc(OCCCCCCOCC4=CN(CCOc5ccc(CNCc6ccc(OCCCCCCOCc7c[n+](CCOc8ccc(CNCc9ccc(OCCC=C)cc9)cc8)nn7C)cc6)cc5)[N]N4C)cc3)cc2)NN1C. The van der Waals surface area contributed by atoms with Gasteiger partial charge in [0.05, 0.1) is 69.3 Å². The Hall–Kier alpha value is -8.90. The second-order valence-corrected chi connectivity index (χ2v) is 25.2. The van der Waals surface area contributed by atoms with Crippen LogP contribution in [0, 0.1) is 0 Å². The third-order valence-corrected chi connectivity index (χ3v) is 16.9. The molecule has 0 bridgehead atoms. The summed E-state index contributed by atoms with van der Waals surface area (Å²) >= 11 is 0. The van der Waals surface area contributed by atoms with Gasteiger partial charge in [-0.1, -0.05) is 97.8 Å². The van der Waals surface area contributed by atoms with Crippen LogP contribution in [-0.2, 0) is 73.7 Å². The summed E-state index contributed by atoms with van der Waals surface area (Å²) in [7, 11) is 5.89. The summed E-state index contributed by atoms with van der Waals surface area (Å²) in [5.41, 5.74) is 18.3. The molecule has 9 rings (SSSR count). The summed E-state index contributed by atoms with van der Waals surface area (Å²) in [4.78, 5) is 0. The summed E-state index contributed by atoms with van der Waals surface area (Å²) in [6.07, 6.45) is 19.9. The van der Waals surface area contributed by atoms with Crippen molar-refractivity contribution in [2.45, 2.75) is 117 Å². The smallest absolute Gasteiger partial charge is 0.192 e. The molecule has 2 aliphatic heterocycles. The van der Waals surface area contributed by atoms with Crippen molar-refractivity contribution in [3.63, 3.8) is 0 Å². The minimum atomic E-state index is 0.513. The second-order valence-electron chi connectivity index (χ2n) is 25.2. The average Bonchev–Trinajstić information content (AvgIpc) is 1.82. The van der Waals surface area contributed by atoms with E-state index in [0.29, 0.717) is 98.9 Å². The first kappa shape index (κ1) is 76.3. The van der Waals surface area contributed by atoms with E-state index in [-0.39, 0.29) is 0 Å². The second kappa shape index (κ2) is 44.4. The van der Waals surface area contributed by atoms with Gasteiger partial charge in [0, 0.05) is 79.0 Å². The summed E-state index contributed by atoms with van der Waals surface area (Å²) < 4.78 is 57.5. The molecule has 101 heavy (non-hydrogen) atoms. The average molecular weight is 1380 g/mol. The Kier molecular flexibility index (Phi) is 33.5. The quantitative estimate of drug-likeness (QED) is 0.0160. The zero-order valence-corrected chi connectivity index (χ0v) is 59.8. The highest BCUT2D eigenvalue weighted by Crippen LogP contribution is 2.21. The van der Waals surface area contributed by atoms with E-state index < -0.39 is 0 Å². The van der Waals surface area contributed by atoms with Gasteiger partial charge >= 0.3 is 0 Å². The van der Waals surface area contributed by atoms with Gasteiger partial charge in [0.15, 0.2) is 11.9 Å². The summed E-state index contributed by atoms with van der Waals surface area (Å²) in [6, 6.07) is 49.8. The van der Waals surface area contributed by atoms with Gasteiger partial charge in [-0.3, -0.25) is 20.0 Å². The first-order valence-corrected chi connectivity index (χ1v) is 35.9. The number of hydrazine groups is 2. The summed E-state index contributed by atoms with van der Waals surface area (Å²) in [6.45, 7) is 21.4. The molecule has 0 spiro atoms. The highest BCUT2D eigenvalue weighted by Gasteiger charge is 2.20. The standard InChI is InChI=1S/C80H108N12O9/c1-6-8-45-93-63-72-60-90(84-87(72)3)42-51-99-78-36-26-70(27-37-78)58-82-55-67-20-32-76(33-21-67)97-49-16-12-11-15-47-95-65-74-62-92(86-89(74)5)44-53-101-80-40-28-71(29-41-80)59-83-56-68-22-34-77(35-23-68)98-50-17-13-10-14-46-94-64-73-61-91(85-88(73)4)43-52-100-79-38-24-69(25-39-79)57-81-54-66-18-30-75(31-19-66)96-48-9-7-2/h6-7,18-41,60-62,81-84H,1-2,8-17,42-59,63-65H2,3-5H3/q+1. The number of aryl methyl sites for hydroxylation is 1. The number of ether oxygens (including phenoxy) is 9. The topological polar surface area (TPSA) is 180 Å². The molecule has 1 aromatic heterocycles. The lowest BCUT2D eigenvalue weighted by Crippen LogP contribution is -2.40. The van der Waals surface area contributed by atoms with Gasteiger partial charge in [0.2, 0.25) is 0 Å². The number of benzene rings is 6. The van der Waals surface area contributed by atoms with Crippen LogP contribution in [-0.4, -0.2) is 130 Å². The molecule has 0 aliphatic carbocycles. The number of aromatic nitrogens is 3. The highest BCUT2D eigenvalue weighted by atomic mass is 16.5. The lowest BCUT2D eigenvalue weighted by atomic mass is 10.2. The highest BCUT2D eigenvalue weighted by molar-refractivity contribution is 5.32. The van der Waals surface area contributed by atoms with Crippen molar-refractivity contribution in [3.8, 4) is 34.5 Å². The molecule has 0 amide bonds. The number of unbranched alkanes of at least 4 members (excludes halogenated alkanes) is 6. The molecular weight excluding hydrogens is 1270 g/mol. The zero-order valence-electron chi connectivity index (χ0n) is 59.8. The number of hydrogen-bond acceptors (Lipinski definition) is 18. The van der Waals surface area contributed by atoms with Gasteiger partial charge < -0.3 is 58.6 Å². The first-order valence-electron chi connectivity index (χ1n) is 35.9. The Labute approximate surface area is 599 Å². The molecule has 1 radical (unpaired) electrons. The molecule has 541 valence electrons. The molecule has 0 saturated carbocycles. The minimum absolute atomic E-state index is 0.513. The van der Waals surface area contributed by atoms with Gasteiger partial charge in [-0.2, -0.15) is 0 Å². The van der Waals surface area contributed by atoms with Crippen molar-refractivity contribution in [2.24, 2.45) is 7.05 Å². The van der Waals surface area contributed by atoms with Gasteiger partial charge in [-0.25, -0.2) is 0 Å². The van der Waals surface area contributed by atoms with Gasteiger partial charge in [-0.05, 0) is 163 Å². The van der Waals surface area contributed by atoms with E-state index in [0.717, 1.165) is 155 Å². The van der Waals surface area contributed by atoms with Crippen molar-refractivity contribution in [1.29, 1.82) is 0 Å². The zero-order chi connectivity index (χ0) is 70.2. The summed E-state index contributed by atoms with van der Waals surface area (Å²) in [5, 5.41) is 23.0. The number of nitrogens with one attached hydrogen (secondary N) is 4. The van der Waals surface area contributed by atoms with Crippen molar-refractivity contribution in [2.75, 3.05) is 99.9 Å². The fourth-order valence-corrected chi connectivity index (χ4v) is 11.0. The molecule has 0 fully saturated rings. The van der Waals surface area contributed by atoms with Crippen molar-refractivity contribution >= 4 is 0 Å². The molecule has 7 aromatic rings. The summed E-state index contributed by atoms with van der Waals surface area (Å²) in [5.74, 6) is 5.22. The van der Waals surface area contributed by atoms with Crippen LogP contribution in [0.2, 0.25) is 0 Å². The monoisotopic (exact) mass is 1380 g/mol. The lowest BCUT2D eigenvalue weighted by molar-refractivity contribution is -0.755. The molecule has 0 saturated heterocycles. The van der Waals surface area contributed by atoms with Crippen molar-refractivity contribution in [1.82, 2.24) is 57.0 Å². The Balaban J connectivity index is 0.517. The van der Waals surface area contributed by atoms with E-state index in [2.05, 4.69) is 149 Å². The molecular formula is C80H108N12O9+. The van der Waals surface area contributed by atoms with Crippen LogP contribution >= 0.6 is 0 Å². The number of likely N-dealkylation sites (N-methyl/N-ethyl adjacent to an activating group) is 2. The number of rotatable bonds is 53. The first-order chi connectivity index (χ1) is 49.7. The molecule has 2 aliphatic rings. The van der Waals surface area contributed by atoms with Crippen LogP contribution in [0.4, 0.5) is 0 Å². The van der Waals surface area contributed by atoms with Crippen LogP contribution in [0.3, 0.4) is 0 Å². The van der Waals surface area contributed by atoms with Crippen LogP contribution in [0.1, 0.15) is 103 Å². The fraction of sp³-hybridized carbons (Fsp3) is 0.425. The maximum atomic E-state index is 6.09. The van der Waals surface area contributed by atoms with Gasteiger partial charge in [0.25, 0.3) is 0 Å². The predicted octanol–water partition coefficient (Wildman–Crippen LogP) is 11.8. The Morgan fingerprint density at radius 1 is 0.406 bits per heavy atom.